The number of hydrogen-bond acceptors (Lipinski definition) is 5. The summed E-state index contributed by atoms with van der Waals surface area (Å²) < 4.78 is 16.1. The van der Waals surface area contributed by atoms with E-state index in [1.54, 1.807) is 21.3 Å². The Morgan fingerprint density at radius 2 is 1.28 bits per heavy atom. The van der Waals surface area contributed by atoms with Crippen LogP contribution in [0.4, 0.5) is 17.1 Å². The Hall–Kier alpha value is -3.67. The van der Waals surface area contributed by atoms with Crippen molar-refractivity contribution in [2.45, 2.75) is 6.92 Å². The molecule has 0 fully saturated rings. The molecule has 0 aliphatic rings. The highest BCUT2D eigenvalue weighted by molar-refractivity contribution is 6.04. The van der Waals surface area contributed by atoms with Crippen LogP contribution in [0.3, 0.4) is 0 Å². The monoisotopic (exact) mass is 392 g/mol. The van der Waals surface area contributed by atoms with Crippen LogP contribution >= 0.6 is 0 Å². The summed E-state index contributed by atoms with van der Waals surface area (Å²) >= 11 is 0. The van der Waals surface area contributed by atoms with Gasteiger partial charge >= 0.3 is 0 Å². The number of anilines is 3. The molecule has 0 aliphatic carbocycles. The highest BCUT2D eigenvalue weighted by atomic mass is 16.5. The second-order valence-corrected chi connectivity index (χ2v) is 6.44. The van der Waals surface area contributed by atoms with Gasteiger partial charge in [0, 0.05) is 34.8 Å². The van der Waals surface area contributed by atoms with Gasteiger partial charge in [0.1, 0.15) is 0 Å². The van der Waals surface area contributed by atoms with E-state index in [2.05, 4.69) is 10.6 Å². The van der Waals surface area contributed by atoms with Crippen molar-refractivity contribution in [2.24, 2.45) is 0 Å². The first-order chi connectivity index (χ1) is 14.0. The topological polar surface area (TPSA) is 68.8 Å². The highest BCUT2D eigenvalue weighted by Gasteiger charge is 2.13. The summed E-state index contributed by atoms with van der Waals surface area (Å²) in [7, 11) is 4.72. The molecule has 3 aromatic rings. The SMILES string of the molecule is COc1cc(Nc2ccc(NC(=O)c3ccc(C)cc3)cc2)cc(OC)c1OC. The molecule has 0 aromatic heterocycles. The number of ether oxygens (including phenoxy) is 3. The molecule has 0 heterocycles. The molecule has 3 aromatic carbocycles. The number of carbonyl (C=O) groups is 1. The molecule has 0 bridgehead atoms. The first-order valence-electron chi connectivity index (χ1n) is 9.09. The fourth-order valence-corrected chi connectivity index (χ4v) is 2.87. The predicted molar refractivity (Wildman–Crippen MR) is 115 cm³/mol. The van der Waals surface area contributed by atoms with Gasteiger partial charge in [0.2, 0.25) is 5.75 Å². The van der Waals surface area contributed by atoms with Crippen molar-refractivity contribution in [3.8, 4) is 17.2 Å². The lowest BCUT2D eigenvalue weighted by Gasteiger charge is -2.15. The maximum atomic E-state index is 12.3. The quantitative estimate of drug-likeness (QED) is 0.591. The smallest absolute Gasteiger partial charge is 0.255 e. The third-order valence-electron chi connectivity index (χ3n) is 4.41. The van der Waals surface area contributed by atoms with Crippen LogP contribution in [0.25, 0.3) is 0 Å². The fourth-order valence-electron chi connectivity index (χ4n) is 2.87. The first kappa shape index (κ1) is 20.1. The minimum atomic E-state index is -0.143. The molecule has 0 radical (unpaired) electrons. The second-order valence-electron chi connectivity index (χ2n) is 6.44. The fraction of sp³-hybridized carbons (Fsp3) is 0.174. The average Bonchev–Trinajstić information content (AvgIpc) is 2.74. The first-order valence-corrected chi connectivity index (χ1v) is 9.09. The summed E-state index contributed by atoms with van der Waals surface area (Å²) in [6, 6.07) is 18.6. The van der Waals surface area contributed by atoms with Crippen LogP contribution in [0.5, 0.6) is 17.2 Å². The number of hydrogen-bond donors (Lipinski definition) is 2. The molecule has 6 nitrogen and oxygen atoms in total. The molecule has 6 heteroatoms. The maximum absolute atomic E-state index is 12.3. The lowest BCUT2D eigenvalue weighted by Crippen LogP contribution is -2.11. The van der Waals surface area contributed by atoms with Crippen molar-refractivity contribution < 1.29 is 19.0 Å². The Balaban J connectivity index is 1.72. The molecular weight excluding hydrogens is 368 g/mol. The van der Waals surface area contributed by atoms with Crippen molar-refractivity contribution in [2.75, 3.05) is 32.0 Å². The zero-order valence-corrected chi connectivity index (χ0v) is 16.9. The average molecular weight is 392 g/mol. The van der Waals surface area contributed by atoms with Crippen LogP contribution in [0.2, 0.25) is 0 Å². The Morgan fingerprint density at radius 1 is 0.724 bits per heavy atom. The zero-order chi connectivity index (χ0) is 20.8. The van der Waals surface area contributed by atoms with Crippen molar-refractivity contribution in [1.29, 1.82) is 0 Å². The van der Waals surface area contributed by atoms with Gasteiger partial charge in [-0.05, 0) is 43.3 Å². The highest BCUT2D eigenvalue weighted by Crippen LogP contribution is 2.40. The standard InChI is InChI=1S/C23H24N2O4/c1-15-5-7-16(8-6-15)23(26)25-18-11-9-17(10-12-18)24-19-13-20(27-2)22(29-4)21(14-19)28-3/h5-14,24H,1-4H3,(H,25,26). The Bertz CT molecular complexity index is 958. The molecule has 0 spiro atoms. The van der Waals surface area contributed by atoms with Crippen LogP contribution in [0.1, 0.15) is 15.9 Å². The molecule has 0 atom stereocenters. The van der Waals surface area contributed by atoms with Crippen LogP contribution < -0.4 is 24.8 Å². The van der Waals surface area contributed by atoms with E-state index >= 15 is 0 Å². The van der Waals surface area contributed by atoms with Gasteiger partial charge in [-0.15, -0.1) is 0 Å². The number of rotatable bonds is 7. The van der Waals surface area contributed by atoms with Crippen LogP contribution in [-0.4, -0.2) is 27.2 Å². The number of carbonyl (C=O) groups excluding carboxylic acids is 1. The van der Waals surface area contributed by atoms with E-state index in [0.29, 0.717) is 28.5 Å². The molecule has 1 amide bonds. The van der Waals surface area contributed by atoms with Gasteiger partial charge in [-0.25, -0.2) is 0 Å². The number of methoxy groups -OCH3 is 3. The molecule has 0 unspecified atom stereocenters. The van der Waals surface area contributed by atoms with E-state index < -0.39 is 0 Å². The predicted octanol–water partition coefficient (Wildman–Crippen LogP) is 5.02. The molecule has 0 aliphatic heterocycles. The lowest BCUT2D eigenvalue weighted by atomic mass is 10.1. The summed E-state index contributed by atoms with van der Waals surface area (Å²) in [6.45, 7) is 1.99. The van der Waals surface area contributed by atoms with Crippen molar-refractivity contribution in [3.63, 3.8) is 0 Å². The zero-order valence-electron chi connectivity index (χ0n) is 16.9. The van der Waals surface area contributed by atoms with E-state index in [1.807, 2.05) is 67.6 Å². The second kappa shape index (κ2) is 9.01. The van der Waals surface area contributed by atoms with Gasteiger partial charge in [0.05, 0.1) is 21.3 Å². The molecule has 2 N–H and O–H groups in total. The number of aryl methyl sites for hydroxylation is 1. The van der Waals surface area contributed by atoms with Gasteiger partial charge in [0.15, 0.2) is 11.5 Å². The summed E-state index contributed by atoms with van der Waals surface area (Å²) in [5.74, 6) is 1.53. The van der Waals surface area contributed by atoms with Gasteiger partial charge in [0.25, 0.3) is 5.91 Å². The summed E-state index contributed by atoms with van der Waals surface area (Å²) in [5, 5.41) is 6.19. The van der Waals surface area contributed by atoms with Gasteiger partial charge < -0.3 is 24.8 Å². The third-order valence-corrected chi connectivity index (χ3v) is 4.41. The summed E-state index contributed by atoms with van der Waals surface area (Å²) in [5.41, 5.74) is 4.09. The molecule has 150 valence electrons. The normalized spacial score (nSPS) is 10.2. The van der Waals surface area contributed by atoms with Crippen molar-refractivity contribution in [3.05, 3.63) is 71.8 Å². The molecular formula is C23H24N2O4. The Morgan fingerprint density at radius 3 is 1.79 bits per heavy atom. The Labute approximate surface area is 170 Å². The van der Waals surface area contributed by atoms with Crippen LogP contribution in [0, 0.1) is 6.92 Å². The van der Waals surface area contributed by atoms with Gasteiger partial charge in [-0.3, -0.25) is 4.79 Å². The van der Waals surface area contributed by atoms with Crippen molar-refractivity contribution >= 4 is 23.0 Å². The van der Waals surface area contributed by atoms with E-state index in [1.165, 1.54) is 0 Å². The lowest BCUT2D eigenvalue weighted by molar-refractivity contribution is 0.102. The van der Waals surface area contributed by atoms with E-state index in [-0.39, 0.29) is 5.91 Å². The maximum Gasteiger partial charge on any atom is 0.255 e. The molecule has 0 saturated carbocycles. The largest absolute Gasteiger partial charge is 0.493 e. The van der Waals surface area contributed by atoms with E-state index in [0.717, 1.165) is 16.9 Å². The number of benzene rings is 3. The summed E-state index contributed by atoms with van der Waals surface area (Å²) in [4.78, 5) is 12.3. The van der Waals surface area contributed by atoms with E-state index in [9.17, 15) is 4.79 Å². The minimum absolute atomic E-state index is 0.143. The minimum Gasteiger partial charge on any atom is -0.493 e. The summed E-state index contributed by atoms with van der Waals surface area (Å²) in [6.07, 6.45) is 0. The van der Waals surface area contributed by atoms with Crippen LogP contribution in [-0.2, 0) is 0 Å². The molecule has 3 rings (SSSR count). The molecule has 0 saturated heterocycles. The van der Waals surface area contributed by atoms with Crippen LogP contribution in [0.15, 0.2) is 60.7 Å². The Kier molecular flexibility index (Phi) is 6.24. The third kappa shape index (κ3) is 4.79. The number of amides is 1. The number of nitrogens with one attached hydrogen (secondary N) is 2. The van der Waals surface area contributed by atoms with Gasteiger partial charge in [-0.1, -0.05) is 17.7 Å². The van der Waals surface area contributed by atoms with E-state index in [4.69, 9.17) is 14.2 Å². The van der Waals surface area contributed by atoms with Crippen molar-refractivity contribution in [1.82, 2.24) is 0 Å². The molecule has 29 heavy (non-hydrogen) atoms. The van der Waals surface area contributed by atoms with Gasteiger partial charge in [-0.2, -0.15) is 0 Å².